The van der Waals surface area contributed by atoms with Crippen molar-refractivity contribution in [2.45, 2.75) is 33.2 Å². The molecule has 1 saturated heterocycles. The van der Waals surface area contributed by atoms with E-state index in [1.165, 1.54) is 5.69 Å². The minimum absolute atomic E-state index is 0.122. The lowest BCUT2D eigenvalue weighted by Gasteiger charge is -2.31. The Morgan fingerprint density at radius 2 is 2.23 bits per heavy atom. The molecule has 1 aliphatic heterocycles. The first-order valence-electron chi connectivity index (χ1n) is 7.72. The van der Waals surface area contributed by atoms with Gasteiger partial charge in [-0.3, -0.25) is 4.90 Å². The standard InChI is InChI=1S/C16H24N4OS/c1-3-4-7-17-16(21)18-10-14-5-8-20(9-6-14)11-15-12-22-13(2)19-15/h12,14H,5-11H2,1-2H3,(H2,17,18,21). The molecule has 0 radical (unpaired) electrons. The van der Waals surface area contributed by atoms with Crippen LogP contribution in [0.3, 0.4) is 0 Å². The molecule has 0 aliphatic carbocycles. The fourth-order valence-electron chi connectivity index (χ4n) is 2.57. The van der Waals surface area contributed by atoms with Crippen molar-refractivity contribution in [3.8, 4) is 11.8 Å². The largest absolute Gasteiger partial charge is 0.338 e. The van der Waals surface area contributed by atoms with Crippen molar-refractivity contribution in [3.05, 3.63) is 16.1 Å². The quantitative estimate of drug-likeness (QED) is 0.816. The zero-order valence-corrected chi connectivity index (χ0v) is 14.1. The highest BCUT2D eigenvalue weighted by molar-refractivity contribution is 7.09. The molecule has 2 N–H and O–H groups in total. The van der Waals surface area contributed by atoms with Crippen molar-refractivity contribution >= 4 is 17.4 Å². The SMILES string of the molecule is CC#CCNC(=O)NCC1CCN(Cc2csc(C)n2)CC1. The predicted molar refractivity (Wildman–Crippen MR) is 89.7 cm³/mol. The van der Waals surface area contributed by atoms with Gasteiger partial charge in [-0.25, -0.2) is 9.78 Å². The van der Waals surface area contributed by atoms with Crippen molar-refractivity contribution in [3.63, 3.8) is 0 Å². The molecule has 1 aromatic rings. The normalized spacial score (nSPS) is 15.9. The Hall–Kier alpha value is -1.58. The summed E-state index contributed by atoms with van der Waals surface area (Å²) in [6, 6.07) is -0.122. The Balaban J connectivity index is 1.62. The third-order valence-corrected chi connectivity index (χ3v) is 4.65. The Morgan fingerprint density at radius 3 is 2.86 bits per heavy atom. The molecule has 2 amide bonds. The van der Waals surface area contributed by atoms with Gasteiger partial charge in [0.05, 0.1) is 17.2 Å². The molecule has 1 fully saturated rings. The van der Waals surface area contributed by atoms with Gasteiger partial charge in [-0.15, -0.1) is 17.3 Å². The Morgan fingerprint density at radius 1 is 1.45 bits per heavy atom. The van der Waals surface area contributed by atoms with Gasteiger partial charge in [0.15, 0.2) is 0 Å². The maximum atomic E-state index is 11.6. The monoisotopic (exact) mass is 320 g/mol. The molecule has 0 atom stereocenters. The number of hydrogen-bond acceptors (Lipinski definition) is 4. The van der Waals surface area contributed by atoms with Crippen LogP contribution >= 0.6 is 11.3 Å². The molecule has 2 rings (SSSR count). The van der Waals surface area contributed by atoms with E-state index in [2.05, 4.69) is 37.7 Å². The third kappa shape index (κ3) is 5.66. The van der Waals surface area contributed by atoms with Crippen LogP contribution in [0.15, 0.2) is 5.38 Å². The lowest BCUT2D eigenvalue weighted by atomic mass is 9.97. The second-order valence-corrected chi connectivity index (χ2v) is 6.63. The van der Waals surface area contributed by atoms with Crippen molar-refractivity contribution in [1.82, 2.24) is 20.5 Å². The first-order chi connectivity index (χ1) is 10.7. The van der Waals surface area contributed by atoms with Gasteiger partial charge in [0.25, 0.3) is 0 Å². The molecule has 1 aromatic heterocycles. The van der Waals surface area contributed by atoms with Gasteiger partial charge in [0.1, 0.15) is 0 Å². The minimum atomic E-state index is -0.122. The summed E-state index contributed by atoms with van der Waals surface area (Å²) in [5, 5.41) is 8.94. The number of rotatable bonds is 5. The van der Waals surface area contributed by atoms with E-state index in [0.29, 0.717) is 12.5 Å². The average molecular weight is 320 g/mol. The average Bonchev–Trinajstić information content (AvgIpc) is 2.92. The van der Waals surface area contributed by atoms with Crippen molar-refractivity contribution in [2.75, 3.05) is 26.2 Å². The van der Waals surface area contributed by atoms with E-state index in [4.69, 9.17) is 0 Å². The molecule has 0 unspecified atom stereocenters. The lowest BCUT2D eigenvalue weighted by Crippen LogP contribution is -2.41. The van der Waals surface area contributed by atoms with Crippen LogP contribution in [0.5, 0.6) is 0 Å². The van der Waals surface area contributed by atoms with Crippen LogP contribution < -0.4 is 10.6 Å². The van der Waals surface area contributed by atoms with Crippen molar-refractivity contribution in [2.24, 2.45) is 5.92 Å². The van der Waals surface area contributed by atoms with Crippen LogP contribution in [0.1, 0.15) is 30.5 Å². The highest BCUT2D eigenvalue weighted by atomic mass is 32.1. The van der Waals surface area contributed by atoms with Crippen LogP contribution in [0.2, 0.25) is 0 Å². The minimum Gasteiger partial charge on any atom is -0.338 e. The van der Waals surface area contributed by atoms with E-state index in [-0.39, 0.29) is 6.03 Å². The fourth-order valence-corrected chi connectivity index (χ4v) is 3.17. The number of nitrogens with one attached hydrogen (secondary N) is 2. The van der Waals surface area contributed by atoms with Gasteiger partial charge in [-0.1, -0.05) is 5.92 Å². The number of piperidine rings is 1. The highest BCUT2D eigenvalue weighted by Crippen LogP contribution is 2.19. The number of amides is 2. The van der Waals surface area contributed by atoms with Crippen LogP contribution in [0.4, 0.5) is 4.79 Å². The number of carbonyl (C=O) groups excluding carboxylic acids is 1. The van der Waals surface area contributed by atoms with Crippen molar-refractivity contribution < 1.29 is 4.79 Å². The number of nitrogens with zero attached hydrogens (tertiary/aromatic N) is 2. The first kappa shape index (κ1) is 16.8. The Kier molecular flexibility index (Phi) is 6.69. The number of hydrogen-bond donors (Lipinski definition) is 2. The zero-order chi connectivity index (χ0) is 15.8. The molecule has 120 valence electrons. The lowest BCUT2D eigenvalue weighted by molar-refractivity contribution is 0.173. The van der Waals surface area contributed by atoms with Gasteiger partial charge in [0, 0.05) is 18.5 Å². The zero-order valence-electron chi connectivity index (χ0n) is 13.3. The van der Waals surface area contributed by atoms with Gasteiger partial charge in [0.2, 0.25) is 0 Å². The van der Waals surface area contributed by atoms with E-state index in [9.17, 15) is 4.79 Å². The number of urea groups is 1. The molecule has 22 heavy (non-hydrogen) atoms. The van der Waals surface area contributed by atoms with Gasteiger partial charge in [-0.05, 0) is 45.7 Å². The molecule has 2 heterocycles. The topological polar surface area (TPSA) is 57.3 Å². The molecule has 0 bridgehead atoms. The maximum Gasteiger partial charge on any atom is 0.315 e. The van der Waals surface area contributed by atoms with Gasteiger partial charge in [-0.2, -0.15) is 0 Å². The number of aryl methyl sites for hydroxylation is 1. The van der Waals surface area contributed by atoms with E-state index in [1.54, 1.807) is 18.3 Å². The smallest absolute Gasteiger partial charge is 0.315 e. The van der Waals surface area contributed by atoms with E-state index in [0.717, 1.165) is 44.0 Å². The van der Waals surface area contributed by atoms with Gasteiger partial charge >= 0.3 is 6.03 Å². The third-order valence-electron chi connectivity index (χ3n) is 3.82. The summed E-state index contributed by atoms with van der Waals surface area (Å²) in [6.07, 6.45) is 2.25. The van der Waals surface area contributed by atoms with E-state index >= 15 is 0 Å². The van der Waals surface area contributed by atoms with E-state index < -0.39 is 0 Å². The summed E-state index contributed by atoms with van der Waals surface area (Å²) in [5.41, 5.74) is 1.18. The highest BCUT2D eigenvalue weighted by Gasteiger charge is 2.20. The molecule has 0 spiro atoms. The van der Waals surface area contributed by atoms with Crippen LogP contribution in [0, 0.1) is 24.7 Å². The van der Waals surface area contributed by atoms with Crippen LogP contribution in [0.25, 0.3) is 0 Å². The number of carbonyl (C=O) groups is 1. The summed E-state index contributed by atoms with van der Waals surface area (Å²) >= 11 is 1.71. The fraction of sp³-hybridized carbons (Fsp3) is 0.625. The molecule has 1 aliphatic rings. The second-order valence-electron chi connectivity index (χ2n) is 5.57. The molecule has 0 aromatic carbocycles. The van der Waals surface area contributed by atoms with Gasteiger partial charge < -0.3 is 10.6 Å². The van der Waals surface area contributed by atoms with E-state index in [1.807, 2.05) is 6.92 Å². The summed E-state index contributed by atoms with van der Waals surface area (Å²) in [7, 11) is 0. The number of likely N-dealkylation sites (tertiary alicyclic amines) is 1. The van der Waals surface area contributed by atoms with Crippen LogP contribution in [-0.4, -0.2) is 42.1 Å². The van der Waals surface area contributed by atoms with Crippen LogP contribution in [-0.2, 0) is 6.54 Å². The molecule has 0 saturated carbocycles. The summed E-state index contributed by atoms with van der Waals surface area (Å²) in [6.45, 7) is 8.06. The first-order valence-corrected chi connectivity index (χ1v) is 8.60. The Bertz CT molecular complexity index is 538. The maximum absolute atomic E-state index is 11.6. The molecule has 6 heteroatoms. The molecule has 5 nitrogen and oxygen atoms in total. The Labute approximate surface area is 136 Å². The molecular weight excluding hydrogens is 296 g/mol. The molecular formula is C16H24N4OS. The summed E-state index contributed by atoms with van der Waals surface area (Å²) < 4.78 is 0. The predicted octanol–water partition coefficient (Wildman–Crippen LogP) is 1.99. The second kappa shape index (κ2) is 8.76. The number of aromatic nitrogens is 1. The summed E-state index contributed by atoms with van der Waals surface area (Å²) in [4.78, 5) is 18.5. The van der Waals surface area contributed by atoms with Crippen molar-refractivity contribution in [1.29, 1.82) is 0 Å². The number of thiazole rings is 1. The summed E-state index contributed by atoms with van der Waals surface area (Å²) in [5.74, 6) is 6.13.